The number of carboxylic acid groups (broad SMARTS) is 1. The lowest BCUT2D eigenvalue weighted by Crippen LogP contribution is -2.38. The van der Waals surface area contributed by atoms with Crippen molar-refractivity contribution in [1.29, 1.82) is 0 Å². The first-order valence-electron chi connectivity index (χ1n) is 6.78. The summed E-state index contributed by atoms with van der Waals surface area (Å²) >= 11 is 1.48. The fraction of sp³-hybridized carbons (Fsp3) is 0.692. The van der Waals surface area contributed by atoms with Gasteiger partial charge in [0.15, 0.2) is 5.13 Å². The van der Waals surface area contributed by atoms with Crippen LogP contribution in [-0.2, 0) is 11.2 Å². The van der Waals surface area contributed by atoms with Crippen molar-refractivity contribution in [3.63, 3.8) is 0 Å². The summed E-state index contributed by atoms with van der Waals surface area (Å²) in [5, 5.41) is 14.7. The summed E-state index contributed by atoms with van der Waals surface area (Å²) in [5.41, 5.74) is 0.630. The lowest BCUT2D eigenvalue weighted by atomic mass is 10.1. The summed E-state index contributed by atoms with van der Waals surface area (Å²) in [4.78, 5) is 17.4. The topological polar surface area (TPSA) is 65.5 Å². The molecule has 0 aromatic carbocycles. The molecule has 0 saturated carbocycles. The fourth-order valence-corrected chi connectivity index (χ4v) is 3.22. The maximum absolute atomic E-state index is 10.6. The maximum Gasteiger partial charge on any atom is 0.309 e. The fourth-order valence-electron chi connectivity index (χ4n) is 2.40. The van der Waals surface area contributed by atoms with Crippen LogP contribution in [0, 0.1) is 0 Å². The van der Waals surface area contributed by atoms with Gasteiger partial charge in [-0.15, -0.1) is 11.3 Å². The first-order chi connectivity index (χ1) is 9.13. The van der Waals surface area contributed by atoms with E-state index in [4.69, 9.17) is 5.11 Å². The molecule has 19 heavy (non-hydrogen) atoms. The third kappa shape index (κ3) is 4.80. The second-order valence-corrected chi connectivity index (χ2v) is 5.98. The van der Waals surface area contributed by atoms with Gasteiger partial charge in [-0.3, -0.25) is 4.79 Å². The number of carbonyl (C=O) groups is 1. The van der Waals surface area contributed by atoms with E-state index in [0.29, 0.717) is 11.7 Å². The maximum atomic E-state index is 10.6. The van der Waals surface area contributed by atoms with Crippen LogP contribution in [0.4, 0.5) is 5.13 Å². The predicted octanol–water partition coefficient (Wildman–Crippen LogP) is 2.06. The molecule has 5 nitrogen and oxygen atoms in total. The second-order valence-electron chi connectivity index (χ2n) is 5.12. The summed E-state index contributed by atoms with van der Waals surface area (Å²) in [6, 6.07) is 0.335. The predicted molar refractivity (Wildman–Crippen MR) is 76.8 cm³/mol. The van der Waals surface area contributed by atoms with Crippen LogP contribution in [0.3, 0.4) is 0 Å². The Bertz CT molecular complexity index is 416. The number of anilines is 1. The van der Waals surface area contributed by atoms with Crippen molar-refractivity contribution in [2.75, 3.05) is 25.0 Å². The number of rotatable bonds is 6. The lowest BCUT2D eigenvalue weighted by molar-refractivity contribution is -0.136. The van der Waals surface area contributed by atoms with E-state index < -0.39 is 5.97 Å². The third-order valence-electron chi connectivity index (χ3n) is 3.23. The zero-order chi connectivity index (χ0) is 13.7. The number of thiazole rings is 1. The monoisotopic (exact) mass is 283 g/mol. The molecule has 1 aliphatic heterocycles. The van der Waals surface area contributed by atoms with E-state index in [1.807, 2.05) is 5.38 Å². The average molecular weight is 283 g/mol. The SMILES string of the molecule is CC(CN1CCCCC1)Nc1nc(CC(=O)O)cs1. The number of hydrogen-bond acceptors (Lipinski definition) is 5. The Kier molecular flexibility index (Phi) is 5.15. The van der Waals surface area contributed by atoms with Crippen LogP contribution in [-0.4, -0.2) is 46.6 Å². The molecule has 0 radical (unpaired) electrons. The van der Waals surface area contributed by atoms with E-state index >= 15 is 0 Å². The lowest BCUT2D eigenvalue weighted by Gasteiger charge is -2.29. The summed E-state index contributed by atoms with van der Waals surface area (Å²) in [6.07, 6.45) is 3.95. The highest BCUT2D eigenvalue weighted by Gasteiger charge is 2.14. The van der Waals surface area contributed by atoms with Crippen LogP contribution >= 0.6 is 11.3 Å². The molecular weight excluding hydrogens is 262 g/mol. The van der Waals surface area contributed by atoms with Crippen molar-refractivity contribution in [1.82, 2.24) is 9.88 Å². The van der Waals surface area contributed by atoms with Gasteiger partial charge in [0.2, 0.25) is 0 Å². The molecular formula is C13H21N3O2S. The number of piperidine rings is 1. The summed E-state index contributed by atoms with van der Waals surface area (Å²) < 4.78 is 0. The van der Waals surface area contributed by atoms with E-state index in [2.05, 4.69) is 22.1 Å². The number of aromatic nitrogens is 1. The van der Waals surface area contributed by atoms with Gasteiger partial charge in [-0.05, 0) is 32.9 Å². The number of carboxylic acids is 1. The molecule has 0 bridgehead atoms. The van der Waals surface area contributed by atoms with Crippen molar-refractivity contribution in [3.8, 4) is 0 Å². The average Bonchev–Trinajstić information content (AvgIpc) is 2.76. The number of likely N-dealkylation sites (tertiary alicyclic amines) is 1. The minimum absolute atomic E-state index is 0.00130. The molecule has 0 aliphatic carbocycles. The standard InChI is InChI=1S/C13H21N3O2S/c1-10(8-16-5-3-2-4-6-16)14-13-15-11(9-19-13)7-12(17)18/h9-10H,2-8H2,1H3,(H,14,15)(H,17,18). The normalized spacial score (nSPS) is 18.2. The Balaban J connectivity index is 1.79. The Labute approximate surface area is 117 Å². The molecule has 1 fully saturated rings. The van der Waals surface area contributed by atoms with Crippen LogP contribution in [0.2, 0.25) is 0 Å². The quantitative estimate of drug-likeness (QED) is 0.836. The largest absolute Gasteiger partial charge is 0.481 e. The van der Waals surface area contributed by atoms with Crippen molar-refractivity contribution in [2.24, 2.45) is 0 Å². The number of nitrogens with one attached hydrogen (secondary N) is 1. The van der Waals surface area contributed by atoms with Crippen molar-refractivity contribution >= 4 is 22.4 Å². The highest BCUT2D eigenvalue weighted by molar-refractivity contribution is 7.13. The molecule has 1 aliphatic rings. The first kappa shape index (κ1) is 14.3. The van der Waals surface area contributed by atoms with Gasteiger partial charge in [0.05, 0.1) is 12.1 Å². The molecule has 1 saturated heterocycles. The van der Waals surface area contributed by atoms with Crippen molar-refractivity contribution in [3.05, 3.63) is 11.1 Å². The number of hydrogen-bond donors (Lipinski definition) is 2. The smallest absolute Gasteiger partial charge is 0.309 e. The molecule has 2 N–H and O–H groups in total. The Hall–Kier alpha value is -1.14. The molecule has 106 valence electrons. The van der Waals surface area contributed by atoms with Gasteiger partial charge in [0.25, 0.3) is 0 Å². The van der Waals surface area contributed by atoms with E-state index in [-0.39, 0.29) is 6.42 Å². The molecule has 1 unspecified atom stereocenters. The van der Waals surface area contributed by atoms with E-state index in [9.17, 15) is 4.79 Å². The van der Waals surface area contributed by atoms with Gasteiger partial charge < -0.3 is 15.3 Å². The molecule has 2 rings (SSSR count). The zero-order valence-electron chi connectivity index (χ0n) is 11.3. The summed E-state index contributed by atoms with van der Waals surface area (Å²) in [7, 11) is 0. The molecule has 1 aromatic rings. The summed E-state index contributed by atoms with van der Waals surface area (Å²) in [6.45, 7) is 5.54. The van der Waals surface area contributed by atoms with E-state index in [1.54, 1.807) is 0 Å². The van der Waals surface area contributed by atoms with Gasteiger partial charge >= 0.3 is 5.97 Å². The Morgan fingerprint density at radius 2 is 2.26 bits per heavy atom. The van der Waals surface area contributed by atoms with Crippen molar-refractivity contribution < 1.29 is 9.90 Å². The van der Waals surface area contributed by atoms with Crippen LogP contribution < -0.4 is 5.32 Å². The highest BCUT2D eigenvalue weighted by Crippen LogP contribution is 2.17. The van der Waals surface area contributed by atoms with E-state index in [1.165, 1.54) is 43.7 Å². The summed E-state index contributed by atoms with van der Waals surface area (Å²) in [5.74, 6) is -0.835. The minimum atomic E-state index is -0.835. The Morgan fingerprint density at radius 3 is 2.95 bits per heavy atom. The van der Waals surface area contributed by atoms with Gasteiger partial charge in [0.1, 0.15) is 0 Å². The molecule has 0 spiro atoms. The van der Waals surface area contributed by atoms with E-state index in [0.717, 1.165) is 11.7 Å². The molecule has 1 atom stereocenters. The van der Waals surface area contributed by atoms with Crippen LogP contribution in [0.25, 0.3) is 0 Å². The zero-order valence-corrected chi connectivity index (χ0v) is 12.1. The van der Waals surface area contributed by atoms with Crippen molar-refractivity contribution in [2.45, 2.75) is 38.6 Å². The van der Waals surface area contributed by atoms with Crippen LogP contribution in [0.15, 0.2) is 5.38 Å². The van der Waals surface area contributed by atoms with Crippen LogP contribution in [0.1, 0.15) is 31.9 Å². The molecule has 2 heterocycles. The third-order valence-corrected chi connectivity index (χ3v) is 4.06. The number of nitrogens with zero attached hydrogens (tertiary/aromatic N) is 2. The first-order valence-corrected chi connectivity index (χ1v) is 7.66. The van der Waals surface area contributed by atoms with Gasteiger partial charge in [0, 0.05) is 18.0 Å². The second kappa shape index (κ2) is 6.86. The molecule has 6 heteroatoms. The Morgan fingerprint density at radius 1 is 1.53 bits per heavy atom. The van der Waals surface area contributed by atoms with Gasteiger partial charge in [-0.25, -0.2) is 4.98 Å². The molecule has 1 aromatic heterocycles. The van der Waals surface area contributed by atoms with Gasteiger partial charge in [-0.2, -0.15) is 0 Å². The van der Waals surface area contributed by atoms with Gasteiger partial charge in [-0.1, -0.05) is 6.42 Å². The highest BCUT2D eigenvalue weighted by atomic mass is 32.1. The number of aliphatic carboxylic acids is 1. The minimum Gasteiger partial charge on any atom is -0.481 e. The van der Waals surface area contributed by atoms with Crippen LogP contribution in [0.5, 0.6) is 0 Å². The molecule has 0 amide bonds.